The lowest BCUT2D eigenvalue weighted by Crippen LogP contribution is -2.52. The Kier molecular flexibility index (Phi) is 2.27. The van der Waals surface area contributed by atoms with Crippen LogP contribution in [0.25, 0.3) is 0 Å². The number of carbonyl (C=O) groups is 3. The molecule has 3 heterocycles. The van der Waals surface area contributed by atoms with Crippen LogP contribution in [-0.4, -0.2) is 54.7 Å². The van der Waals surface area contributed by atoms with Crippen LogP contribution in [0.2, 0.25) is 0 Å². The molecule has 2 saturated heterocycles. The van der Waals surface area contributed by atoms with E-state index in [4.69, 9.17) is 11.0 Å². The number of piperazine rings is 1. The van der Waals surface area contributed by atoms with Gasteiger partial charge in [-0.25, -0.2) is 4.39 Å². The second-order valence-corrected chi connectivity index (χ2v) is 5.80. The lowest BCUT2D eigenvalue weighted by Gasteiger charge is -2.30. The predicted octanol–water partition coefficient (Wildman–Crippen LogP) is -0.00370. The Bertz CT molecular complexity index is 1060. The molecule has 0 saturated carbocycles. The van der Waals surface area contributed by atoms with E-state index in [2.05, 4.69) is 5.32 Å². The van der Waals surface area contributed by atoms with Crippen molar-refractivity contribution in [2.75, 3.05) is 30.9 Å². The first-order valence-corrected chi connectivity index (χ1v) is 7.58. The average molecular weight is 354 g/mol. The summed E-state index contributed by atoms with van der Waals surface area (Å²) < 4.78 is 79.3. The molecule has 0 spiro atoms. The van der Waals surface area contributed by atoms with E-state index in [9.17, 15) is 14.4 Å². The third-order valence-electron chi connectivity index (χ3n) is 4.28. The standard InChI is InChI=1S/C17H19FN4O3/c18-12-8-11(21-5-3-19-4-6-21)7-10-9-22(17(25)15(10)12)13-1-2-14(23)20-16(13)24/h7-8,13,19H,1-6,9H2,(H,20,23,24)/i3D2,4D2,5D2,6D2. The highest BCUT2D eigenvalue weighted by Crippen LogP contribution is 2.32. The minimum Gasteiger partial charge on any atom is -0.369 e. The van der Waals surface area contributed by atoms with Crippen LogP contribution < -0.4 is 15.5 Å². The first-order valence-electron chi connectivity index (χ1n) is 11.6. The normalized spacial score (nSPS) is 36.5. The number of nitrogens with one attached hydrogen (secondary N) is 2. The molecule has 0 radical (unpaired) electrons. The minimum absolute atomic E-state index is 0.00837. The average Bonchev–Trinajstić information content (AvgIpc) is 2.96. The fourth-order valence-electron chi connectivity index (χ4n) is 3.13. The molecule has 8 heteroatoms. The van der Waals surface area contributed by atoms with Crippen molar-refractivity contribution in [2.45, 2.75) is 25.4 Å². The second kappa shape index (κ2) is 6.11. The summed E-state index contributed by atoms with van der Waals surface area (Å²) in [6, 6.07) is 0.679. The maximum absolute atomic E-state index is 15.1. The number of halogens is 1. The Morgan fingerprint density at radius 1 is 1.20 bits per heavy atom. The zero-order valence-corrected chi connectivity index (χ0v) is 12.9. The highest BCUT2D eigenvalue weighted by atomic mass is 19.1. The number of nitrogens with zero attached hydrogens (tertiary/aromatic N) is 2. The van der Waals surface area contributed by atoms with Crippen molar-refractivity contribution in [3.8, 4) is 0 Å². The molecule has 132 valence electrons. The van der Waals surface area contributed by atoms with Crippen LogP contribution in [0.3, 0.4) is 0 Å². The van der Waals surface area contributed by atoms with Gasteiger partial charge in [0.25, 0.3) is 5.91 Å². The molecule has 0 bridgehead atoms. The summed E-state index contributed by atoms with van der Waals surface area (Å²) in [6.07, 6.45) is 0.0117. The molecule has 3 aliphatic rings. The first-order chi connectivity index (χ1) is 15.0. The lowest BCUT2D eigenvalue weighted by molar-refractivity contribution is -0.136. The molecular formula is C17H19FN4O3. The summed E-state index contributed by atoms with van der Waals surface area (Å²) >= 11 is 0. The van der Waals surface area contributed by atoms with Gasteiger partial charge in [0.05, 0.1) is 11.0 Å². The summed E-state index contributed by atoms with van der Waals surface area (Å²) in [5.74, 6) is -3.21. The third kappa shape index (κ3) is 2.76. The van der Waals surface area contributed by atoms with E-state index in [0.29, 0.717) is 6.07 Å². The molecule has 1 aromatic carbocycles. The van der Waals surface area contributed by atoms with Gasteiger partial charge < -0.3 is 15.1 Å². The fourth-order valence-corrected chi connectivity index (χ4v) is 3.13. The topological polar surface area (TPSA) is 81.8 Å². The summed E-state index contributed by atoms with van der Waals surface area (Å²) in [6.45, 7) is -12.8. The van der Waals surface area contributed by atoms with Crippen LogP contribution in [0.15, 0.2) is 12.1 Å². The third-order valence-corrected chi connectivity index (χ3v) is 4.28. The number of benzene rings is 1. The number of fused-ring (bicyclic) bond motifs is 1. The number of rotatable bonds is 2. The molecule has 2 fully saturated rings. The van der Waals surface area contributed by atoms with E-state index in [1.54, 1.807) is 5.32 Å². The Morgan fingerprint density at radius 3 is 2.68 bits per heavy atom. The molecular weight excluding hydrogens is 327 g/mol. The number of piperidine rings is 1. The Hall–Kier alpha value is -2.48. The number of hydrogen-bond acceptors (Lipinski definition) is 5. The lowest BCUT2D eigenvalue weighted by atomic mass is 10.0. The second-order valence-electron chi connectivity index (χ2n) is 5.80. The summed E-state index contributed by atoms with van der Waals surface area (Å²) in [5.41, 5.74) is -0.940. The van der Waals surface area contributed by atoms with Crippen molar-refractivity contribution in [3.63, 3.8) is 0 Å². The molecule has 1 aromatic rings. The molecule has 4 rings (SSSR count). The van der Waals surface area contributed by atoms with Crippen molar-refractivity contribution in [2.24, 2.45) is 0 Å². The van der Waals surface area contributed by atoms with Gasteiger partial charge in [-0.15, -0.1) is 0 Å². The van der Waals surface area contributed by atoms with Crippen molar-refractivity contribution in [3.05, 3.63) is 29.1 Å². The Balaban J connectivity index is 1.77. The van der Waals surface area contributed by atoms with Gasteiger partial charge in [0.1, 0.15) is 11.9 Å². The van der Waals surface area contributed by atoms with Crippen LogP contribution in [0.5, 0.6) is 0 Å². The number of amides is 3. The van der Waals surface area contributed by atoms with Gasteiger partial charge >= 0.3 is 0 Å². The van der Waals surface area contributed by atoms with Crippen molar-refractivity contribution in [1.29, 1.82) is 0 Å². The van der Waals surface area contributed by atoms with Crippen molar-refractivity contribution < 1.29 is 29.7 Å². The van der Waals surface area contributed by atoms with E-state index in [-0.39, 0.29) is 29.8 Å². The molecule has 1 atom stereocenters. The van der Waals surface area contributed by atoms with Crippen LogP contribution in [0.4, 0.5) is 10.1 Å². The van der Waals surface area contributed by atoms with Gasteiger partial charge in [-0.1, -0.05) is 0 Å². The van der Waals surface area contributed by atoms with Crippen LogP contribution >= 0.6 is 0 Å². The van der Waals surface area contributed by atoms with E-state index in [1.807, 2.05) is 0 Å². The summed E-state index contributed by atoms with van der Waals surface area (Å²) in [5, 5.41) is 3.80. The SMILES string of the molecule is [2H]C1([2H])NC([2H])([2H])C([2H])([2H])N(c2cc(F)c3c(c2)CN(C2CCC(=O)NC2=O)C3=O)C1([2H])[2H]. The molecule has 25 heavy (non-hydrogen) atoms. The Morgan fingerprint density at radius 2 is 1.96 bits per heavy atom. The zero-order valence-electron chi connectivity index (χ0n) is 20.9. The van der Waals surface area contributed by atoms with Gasteiger partial charge in [0, 0.05) is 50.1 Å². The molecule has 1 unspecified atom stereocenters. The first kappa shape index (κ1) is 9.28. The van der Waals surface area contributed by atoms with E-state index in [1.165, 1.54) is 0 Å². The zero-order chi connectivity index (χ0) is 24.7. The van der Waals surface area contributed by atoms with Crippen LogP contribution in [0.1, 0.15) is 39.7 Å². The largest absolute Gasteiger partial charge is 0.369 e. The number of anilines is 1. The van der Waals surface area contributed by atoms with Gasteiger partial charge in [-0.2, -0.15) is 0 Å². The fraction of sp³-hybridized carbons (Fsp3) is 0.471. The van der Waals surface area contributed by atoms with Gasteiger partial charge in [0.2, 0.25) is 11.8 Å². The summed E-state index contributed by atoms with van der Waals surface area (Å²) in [7, 11) is 0. The maximum atomic E-state index is 15.1. The minimum atomic E-state index is -3.17. The monoisotopic (exact) mass is 354 g/mol. The van der Waals surface area contributed by atoms with Gasteiger partial charge in [-0.05, 0) is 24.1 Å². The van der Waals surface area contributed by atoms with Crippen LogP contribution in [-0.2, 0) is 16.1 Å². The van der Waals surface area contributed by atoms with Crippen molar-refractivity contribution >= 4 is 23.4 Å². The molecule has 0 aromatic heterocycles. The van der Waals surface area contributed by atoms with E-state index in [0.717, 1.165) is 11.0 Å². The predicted molar refractivity (Wildman–Crippen MR) is 87.5 cm³/mol. The Labute approximate surface area is 155 Å². The molecule has 3 amide bonds. The number of carbonyl (C=O) groups excluding carboxylic acids is 3. The van der Waals surface area contributed by atoms with Crippen LogP contribution in [0, 0.1) is 5.82 Å². The molecule has 3 aliphatic heterocycles. The molecule has 7 nitrogen and oxygen atoms in total. The van der Waals surface area contributed by atoms with Crippen molar-refractivity contribution in [1.82, 2.24) is 15.5 Å². The quantitative estimate of drug-likeness (QED) is 0.731. The number of imide groups is 1. The van der Waals surface area contributed by atoms with E-state index >= 15 is 4.39 Å². The van der Waals surface area contributed by atoms with Gasteiger partial charge in [0.15, 0.2) is 0 Å². The number of hydrogen-bond donors (Lipinski definition) is 2. The molecule has 0 aliphatic carbocycles. The maximum Gasteiger partial charge on any atom is 0.258 e. The molecule has 2 N–H and O–H groups in total. The summed E-state index contributed by atoms with van der Waals surface area (Å²) in [4.78, 5) is 37.6. The highest BCUT2D eigenvalue weighted by molar-refractivity contribution is 6.05. The smallest absolute Gasteiger partial charge is 0.258 e. The van der Waals surface area contributed by atoms with Gasteiger partial charge in [-0.3, -0.25) is 19.7 Å². The highest BCUT2D eigenvalue weighted by Gasteiger charge is 2.40. The van der Waals surface area contributed by atoms with E-state index < -0.39 is 66.8 Å².